The summed E-state index contributed by atoms with van der Waals surface area (Å²) in [7, 11) is 1.54. The molecule has 3 radical (unpaired) electrons. The first-order valence-corrected chi connectivity index (χ1v) is 7.88. The van der Waals surface area contributed by atoms with Gasteiger partial charge in [-0.05, 0) is 19.6 Å². The standard InChI is InChI=1S/C7H17O3Si2/c1-12(2,3)10-7-5-8-4-6-9-11/h4-7H2,1-3H3. The van der Waals surface area contributed by atoms with Crippen molar-refractivity contribution >= 4 is 18.8 Å². The van der Waals surface area contributed by atoms with Gasteiger partial charge in [-0.25, -0.2) is 0 Å². The van der Waals surface area contributed by atoms with E-state index in [4.69, 9.17) is 9.16 Å². The minimum absolute atomic E-state index is 0.573. The van der Waals surface area contributed by atoms with Crippen molar-refractivity contribution in [1.82, 2.24) is 0 Å². The number of rotatable bonds is 7. The zero-order valence-electron chi connectivity index (χ0n) is 8.05. The number of hydrogen-bond donors (Lipinski definition) is 0. The lowest BCUT2D eigenvalue weighted by Crippen LogP contribution is -2.27. The third-order valence-electron chi connectivity index (χ3n) is 1.09. The summed E-state index contributed by atoms with van der Waals surface area (Å²) >= 11 is 0. The first-order chi connectivity index (χ1) is 5.56. The van der Waals surface area contributed by atoms with Crippen LogP contribution in [0.4, 0.5) is 0 Å². The minimum atomic E-state index is -1.35. The van der Waals surface area contributed by atoms with E-state index in [1.54, 1.807) is 0 Å². The highest BCUT2D eigenvalue weighted by Gasteiger charge is 2.12. The molecule has 5 heteroatoms. The molecule has 0 bridgehead atoms. The lowest BCUT2D eigenvalue weighted by Gasteiger charge is -2.16. The first-order valence-electron chi connectivity index (χ1n) is 4.06. The molecule has 71 valence electrons. The van der Waals surface area contributed by atoms with Gasteiger partial charge in [0.15, 0.2) is 8.32 Å². The van der Waals surface area contributed by atoms with E-state index in [9.17, 15) is 0 Å². The van der Waals surface area contributed by atoms with Gasteiger partial charge in [-0.3, -0.25) is 0 Å². The van der Waals surface area contributed by atoms with Gasteiger partial charge in [0.1, 0.15) is 0 Å². The summed E-state index contributed by atoms with van der Waals surface area (Å²) in [5.74, 6) is 0. The predicted octanol–water partition coefficient (Wildman–Crippen LogP) is 0.955. The Hall–Kier alpha value is 0.314. The van der Waals surface area contributed by atoms with Crippen molar-refractivity contribution in [2.24, 2.45) is 0 Å². The third-order valence-corrected chi connectivity index (χ3v) is 2.37. The molecule has 3 nitrogen and oxygen atoms in total. The summed E-state index contributed by atoms with van der Waals surface area (Å²) in [5.41, 5.74) is 0. The van der Waals surface area contributed by atoms with E-state index < -0.39 is 8.32 Å². The van der Waals surface area contributed by atoms with Crippen LogP contribution >= 0.6 is 0 Å². The fourth-order valence-corrected chi connectivity index (χ4v) is 1.39. The van der Waals surface area contributed by atoms with Gasteiger partial charge in [-0.15, -0.1) is 0 Å². The van der Waals surface area contributed by atoms with E-state index >= 15 is 0 Å². The summed E-state index contributed by atoms with van der Waals surface area (Å²) in [6.07, 6.45) is 0. The molecule has 0 unspecified atom stereocenters. The van der Waals surface area contributed by atoms with Crippen molar-refractivity contribution in [2.45, 2.75) is 19.6 Å². The van der Waals surface area contributed by atoms with Gasteiger partial charge in [0, 0.05) is 0 Å². The second-order valence-corrected chi connectivity index (χ2v) is 8.22. The van der Waals surface area contributed by atoms with E-state index in [0.29, 0.717) is 26.4 Å². The van der Waals surface area contributed by atoms with Crippen LogP contribution in [0, 0.1) is 0 Å². The average Bonchev–Trinajstić information content (AvgIpc) is 1.94. The van der Waals surface area contributed by atoms with E-state index in [0.717, 1.165) is 0 Å². The number of hydrogen-bond acceptors (Lipinski definition) is 3. The summed E-state index contributed by atoms with van der Waals surface area (Å²) in [4.78, 5) is 0. The molecule has 0 aromatic rings. The van der Waals surface area contributed by atoms with Crippen molar-refractivity contribution in [1.29, 1.82) is 0 Å². The van der Waals surface area contributed by atoms with Crippen molar-refractivity contribution in [3.8, 4) is 0 Å². The SMILES string of the molecule is C[Si](C)(C)OCCOCCO[Si]. The highest BCUT2D eigenvalue weighted by atomic mass is 28.4. The molecule has 0 saturated heterocycles. The molecule has 0 atom stereocenters. The van der Waals surface area contributed by atoms with Crippen LogP contribution in [0.25, 0.3) is 0 Å². The molecule has 0 aromatic heterocycles. The van der Waals surface area contributed by atoms with Crippen LogP contribution in [0.5, 0.6) is 0 Å². The van der Waals surface area contributed by atoms with Crippen LogP contribution in [-0.2, 0) is 13.6 Å². The van der Waals surface area contributed by atoms with Gasteiger partial charge < -0.3 is 13.6 Å². The van der Waals surface area contributed by atoms with Gasteiger partial charge in [-0.2, -0.15) is 0 Å². The Morgan fingerprint density at radius 2 is 1.58 bits per heavy atom. The van der Waals surface area contributed by atoms with E-state index in [1.165, 1.54) is 0 Å². The Kier molecular flexibility index (Phi) is 6.97. The second-order valence-electron chi connectivity index (χ2n) is 3.42. The fraction of sp³-hybridized carbons (Fsp3) is 1.00. The Morgan fingerprint density at radius 1 is 1.00 bits per heavy atom. The summed E-state index contributed by atoms with van der Waals surface area (Å²) < 4.78 is 15.4. The van der Waals surface area contributed by atoms with Gasteiger partial charge in [0.2, 0.25) is 10.5 Å². The minimum Gasteiger partial charge on any atom is -0.416 e. The molecule has 0 N–H and O–H groups in total. The third kappa shape index (κ3) is 10.3. The molecule has 0 heterocycles. The highest BCUT2D eigenvalue weighted by molar-refractivity contribution is 6.69. The summed E-state index contributed by atoms with van der Waals surface area (Å²) in [6, 6.07) is 0. The molecular weight excluding hydrogens is 188 g/mol. The van der Waals surface area contributed by atoms with E-state index in [2.05, 4.69) is 34.6 Å². The molecule has 0 saturated carbocycles. The zero-order chi connectivity index (χ0) is 9.45. The lowest BCUT2D eigenvalue weighted by molar-refractivity contribution is 0.0769. The van der Waals surface area contributed by atoms with Crippen molar-refractivity contribution in [3.63, 3.8) is 0 Å². The Bertz CT molecular complexity index is 103. The molecule has 0 fully saturated rings. The smallest absolute Gasteiger partial charge is 0.246 e. The summed E-state index contributed by atoms with van der Waals surface area (Å²) in [6.45, 7) is 9.01. The fourth-order valence-electron chi connectivity index (χ4n) is 0.609. The zero-order valence-corrected chi connectivity index (χ0v) is 10.1. The van der Waals surface area contributed by atoms with Crippen LogP contribution < -0.4 is 0 Å². The van der Waals surface area contributed by atoms with E-state index in [-0.39, 0.29) is 0 Å². The number of ether oxygens (including phenoxy) is 1. The molecule has 0 aliphatic carbocycles. The molecule has 0 aliphatic rings. The van der Waals surface area contributed by atoms with Gasteiger partial charge in [0.05, 0.1) is 26.4 Å². The normalized spacial score (nSPS) is 12.0. The van der Waals surface area contributed by atoms with Gasteiger partial charge >= 0.3 is 0 Å². The van der Waals surface area contributed by atoms with Gasteiger partial charge in [-0.1, -0.05) is 0 Å². The largest absolute Gasteiger partial charge is 0.416 e. The molecule has 0 amide bonds. The van der Waals surface area contributed by atoms with Crippen molar-refractivity contribution < 1.29 is 13.6 Å². The van der Waals surface area contributed by atoms with Gasteiger partial charge in [0.25, 0.3) is 0 Å². The second kappa shape index (κ2) is 6.79. The quantitative estimate of drug-likeness (QED) is 0.457. The molecule has 0 spiro atoms. The first kappa shape index (κ1) is 12.3. The van der Waals surface area contributed by atoms with Crippen LogP contribution in [0.1, 0.15) is 0 Å². The lowest BCUT2D eigenvalue weighted by atomic mass is 10.7. The topological polar surface area (TPSA) is 27.7 Å². The molecule has 0 rings (SSSR count). The van der Waals surface area contributed by atoms with E-state index in [1.807, 2.05) is 0 Å². The Balaban J connectivity index is 3.01. The van der Waals surface area contributed by atoms with Crippen molar-refractivity contribution in [2.75, 3.05) is 26.4 Å². The molecule has 0 aliphatic heterocycles. The van der Waals surface area contributed by atoms with Crippen LogP contribution in [0.3, 0.4) is 0 Å². The Labute approximate surface area is 79.1 Å². The molecule has 0 aromatic carbocycles. The molecular formula is C7H17O3Si2. The van der Waals surface area contributed by atoms with Crippen LogP contribution in [0.15, 0.2) is 0 Å². The average molecular weight is 205 g/mol. The summed E-state index contributed by atoms with van der Waals surface area (Å²) in [5, 5.41) is 0. The van der Waals surface area contributed by atoms with Crippen LogP contribution in [-0.4, -0.2) is 45.2 Å². The maximum absolute atomic E-state index is 5.57. The Morgan fingerprint density at radius 3 is 2.08 bits per heavy atom. The predicted molar refractivity (Wildman–Crippen MR) is 51.8 cm³/mol. The maximum atomic E-state index is 5.57. The highest BCUT2D eigenvalue weighted by Crippen LogP contribution is 2.01. The monoisotopic (exact) mass is 205 g/mol. The molecule has 12 heavy (non-hydrogen) atoms. The van der Waals surface area contributed by atoms with Crippen LogP contribution in [0.2, 0.25) is 19.6 Å². The van der Waals surface area contributed by atoms with Crippen molar-refractivity contribution in [3.05, 3.63) is 0 Å². The maximum Gasteiger partial charge on any atom is 0.246 e.